The lowest BCUT2D eigenvalue weighted by atomic mass is 10.3. The molecule has 0 amide bonds. The van der Waals surface area contributed by atoms with Crippen LogP contribution in [0.15, 0.2) is 12.3 Å². The van der Waals surface area contributed by atoms with Crippen LogP contribution in [-0.4, -0.2) is 30.6 Å². The topological polar surface area (TPSA) is 99.0 Å². The van der Waals surface area contributed by atoms with Crippen LogP contribution in [0.3, 0.4) is 0 Å². The monoisotopic (exact) mass is 249 g/mol. The molecule has 2 aromatic rings. The Hall–Kier alpha value is -2.31. The number of hydrogen-bond acceptors (Lipinski definition) is 4. The van der Waals surface area contributed by atoms with Gasteiger partial charge in [-0.2, -0.15) is 10.2 Å². The molecule has 0 aliphatic carbocycles. The molecule has 0 aliphatic rings. The van der Waals surface area contributed by atoms with Gasteiger partial charge in [-0.3, -0.25) is 9.36 Å². The summed E-state index contributed by atoms with van der Waals surface area (Å²) in [6, 6.07) is 1.95. The van der Waals surface area contributed by atoms with Gasteiger partial charge in [-0.1, -0.05) is 0 Å². The van der Waals surface area contributed by atoms with Crippen molar-refractivity contribution in [2.75, 3.05) is 5.73 Å². The first-order valence-electron chi connectivity index (χ1n) is 5.60. The van der Waals surface area contributed by atoms with Gasteiger partial charge < -0.3 is 10.8 Å². The van der Waals surface area contributed by atoms with E-state index in [9.17, 15) is 4.79 Å². The van der Waals surface area contributed by atoms with Crippen molar-refractivity contribution >= 4 is 11.7 Å². The van der Waals surface area contributed by atoms with E-state index in [-0.39, 0.29) is 11.4 Å². The van der Waals surface area contributed by atoms with Crippen molar-refractivity contribution in [1.29, 1.82) is 0 Å². The van der Waals surface area contributed by atoms with Gasteiger partial charge in [-0.25, -0.2) is 4.79 Å². The van der Waals surface area contributed by atoms with E-state index in [0.29, 0.717) is 6.54 Å². The standard InChI is InChI=1S/C11H15N5O2/c1-3-16-8(4-7(2)13-16)5-15-6-9(12)10(14-15)11(17)18/h4,6H,3,5,12H2,1-2H3,(H,17,18). The third kappa shape index (κ3) is 2.20. The van der Waals surface area contributed by atoms with Crippen LogP contribution in [0, 0.1) is 6.92 Å². The van der Waals surface area contributed by atoms with Gasteiger partial charge in [0.2, 0.25) is 0 Å². The molecule has 0 radical (unpaired) electrons. The molecule has 18 heavy (non-hydrogen) atoms. The zero-order valence-electron chi connectivity index (χ0n) is 10.3. The molecular formula is C11H15N5O2. The fourth-order valence-electron chi connectivity index (χ4n) is 1.85. The predicted molar refractivity (Wildman–Crippen MR) is 65.3 cm³/mol. The molecule has 7 heteroatoms. The molecule has 0 saturated carbocycles. The van der Waals surface area contributed by atoms with Crippen LogP contribution < -0.4 is 5.73 Å². The number of anilines is 1. The number of hydrogen-bond donors (Lipinski definition) is 2. The summed E-state index contributed by atoms with van der Waals surface area (Å²) in [5.41, 5.74) is 7.53. The highest BCUT2D eigenvalue weighted by Crippen LogP contribution is 2.11. The number of aryl methyl sites for hydroxylation is 2. The van der Waals surface area contributed by atoms with Gasteiger partial charge in [0.05, 0.1) is 23.6 Å². The lowest BCUT2D eigenvalue weighted by molar-refractivity contribution is 0.0690. The molecule has 96 valence electrons. The SMILES string of the molecule is CCn1nc(C)cc1Cn1cc(N)c(C(=O)O)n1. The maximum absolute atomic E-state index is 10.8. The van der Waals surface area contributed by atoms with Crippen molar-refractivity contribution in [2.45, 2.75) is 26.9 Å². The van der Waals surface area contributed by atoms with E-state index in [1.54, 1.807) is 0 Å². The molecule has 2 aromatic heterocycles. The summed E-state index contributed by atoms with van der Waals surface area (Å²) in [5.74, 6) is -1.12. The minimum Gasteiger partial charge on any atom is -0.476 e. The third-order valence-corrected chi connectivity index (χ3v) is 2.60. The minimum atomic E-state index is -1.12. The zero-order valence-corrected chi connectivity index (χ0v) is 10.3. The van der Waals surface area contributed by atoms with Crippen LogP contribution in [0.5, 0.6) is 0 Å². The van der Waals surface area contributed by atoms with Gasteiger partial charge in [0, 0.05) is 12.7 Å². The molecule has 0 saturated heterocycles. The van der Waals surface area contributed by atoms with Gasteiger partial charge >= 0.3 is 5.97 Å². The minimum absolute atomic E-state index is 0.116. The van der Waals surface area contributed by atoms with Crippen molar-refractivity contribution in [3.05, 3.63) is 29.3 Å². The summed E-state index contributed by atoms with van der Waals surface area (Å²) < 4.78 is 3.37. The Labute approximate surface area is 104 Å². The molecule has 0 bridgehead atoms. The molecule has 0 fully saturated rings. The van der Waals surface area contributed by atoms with E-state index in [2.05, 4.69) is 10.2 Å². The Bertz CT molecular complexity index is 584. The summed E-state index contributed by atoms with van der Waals surface area (Å²) >= 11 is 0. The molecule has 0 atom stereocenters. The van der Waals surface area contributed by atoms with E-state index in [1.165, 1.54) is 10.9 Å². The van der Waals surface area contributed by atoms with Crippen LogP contribution in [0.1, 0.15) is 28.8 Å². The number of aromatic nitrogens is 4. The molecule has 2 heterocycles. The second-order valence-corrected chi connectivity index (χ2v) is 4.03. The number of nitrogens with two attached hydrogens (primary N) is 1. The highest BCUT2D eigenvalue weighted by Gasteiger charge is 2.14. The Kier molecular flexibility index (Phi) is 3.05. The highest BCUT2D eigenvalue weighted by atomic mass is 16.4. The molecule has 0 aliphatic heterocycles. The molecule has 7 nitrogen and oxygen atoms in total. The quantitative estimate of drug-likeness (QED) is 0.832. The summed E-state index contributed by atoms with van der Waals surface area (Å²) in [6.45, 7) is 5.11. The van der Waals surface area contributed by atoms with E-state index in [0.717, 1.165) is 17.9 Å². The van der Waals surface area contributed by atoms with E-state index >= 15 is 0 Å². The first-order chi connectivity index (χ1) is 8.51. The molecule has 2 rings (SSSR count). The number of aromatic carboxylic acids is 1. The Morgan fingerprint density at radius 2 is 2.22 bits per heavy atom. The van der Waals surface area contributed by atoms with Crippen LogP contribution in [0.4, 0.5) is 5.69 Å². The van der Waals surface area contributed by atoms with Crippen molar-refractivity contribution in [1.82, 2.24) is 19.6 Å². The van der Waals surface area contributed by atoms with E-state index in [4.69, 9.17) is 10.8 Å². The van der Waals surface area contributed by atoms with Crippen molar-refractivity contribution < 1.29 is 9.90 Å². The fraction of sp³-hybridized carbons (Fsp3) is 0.364. The lowest BCUT2D eigenvalue weighted by Gasteiger charge is -2.04. The summed E-state index contributed by atoms with van der Waals surface area (Å²) in [7, 11) is 0. The number of carbonyl (C=O) groups is 1. The average molecular weight is 249 g/mol. The molecular weight excluding hydrogens is 234 g/mol. The summed E-state index contributed by atoms with van der Waals surface area (Å²) in [5, 5.41) is 17.1. The summed E-state index contributed by atoms with van der Waals surface area (Å²) in [6.07, 6.45) is 1.52. The zero-order chi connectivity index (χ0) is 13.3. The third-order valence-electron chi connectivity index (χ3n) is 2.60. The lowest BCUT2D eigenvalue weighted by Crippen LogP contribution is -2.09. The second-order valence-electron chi connectivity index (χ2n) is 4.03. The number of carboxylic acid groups (broad SMARTS) is 1. The normalized spacial score (nSPS) is 10.8. The van der Waals surface area contributed by atoms with Crippen molar-refractivity contribution in [2.24, 2.45) is 0 Å². The number of nitrogens with zero attached hydrogens (tertiary/aromatic N) is 4. The molecule has 0 spiro atoms. The smallest absolute Gasteiger partial charge is 0.358 e. The Morgan fingerprint density at radius 3 is 2.78 bits per heavy atom. The Balaban J connectivity index is 2.28. The number of carboxylic acids is 1. The van der Waals surface area contributed by atoms with Crippen LogP contribution >= 0.6 is 0 Å². The van der Waals surface area contributed by atoms with Crippen LogP contribution in [0.25, 0.3) is 0 Å². The average Bonchev–Trinajstić information content (AvgIpc) is 2.82. The van der Waals surface area contributed by atoms with Crippen molar-refractivity contribution in [3.63, 3.8) is 0 Å². The van der Waals surface area contributed by atoms with Gasteiger partial charge in [0.1, 0.15) is 0 Å². The van der Waals surface area contributed by atoms with Crippen molar-refractivity contribution in [3.8, 4) is 0 Å². The van der Waals surface area contributed by atoms with Gasteiger partial charge in [-0.05, 0) is 19.9 Å². The van der Waals surface area contributed by atoms with Crippen LogP contribution in [0.2, 0.25) is 0 Å². The number of rotatable bonds is 4. The first-order valence-corrected chi connectivity index (χ1v) is 5.60. The fourth-order valence-corrected chi connectivity index (χ4v) is 1.85. The Morgan fingerprint density at radius 1 is 1.50 bits per heavy atom. The van der Waals surface area contributed by atoms with Gasteiger partial charge in [-0.15, -0.1) is 0 Å². The maximum atomic E-state index is 10.8. The molecule has 0 unspecified atom stereocenters. The van der Waals surface area contributed by atoms with Gasteiger partial charge in [0.15, 0.2) is 5.69 Å². The molecule has 3 N–H and O–H groups in total. The van der Waals surface area contributed by atoms with Crippen LogP contribution in [-0.2, 0) is 13.1 Å². The summed E-state index contributed by atoms with van der Waals surface area (Å²) in [4.78, 5) is 10.8. The molecule has 0 aromatic carbocycles. The first kappa shape index (κ1) is 12.2. The second kappa shape index (κ2) is 4.52. The maximum Gasteiger partial charge on any atom is 0.358 e. The van der Waals surface area contributed by atoms with E-state index in [1.807, 2.05) is 24.6 Å². The number of nitrogen functional groups attached to an aromatic ring is 1. The highest BCUT2D eigenvalue weighted by molar-refractivity contribution is 5.91. The largest absolute Gasteiger partial charge is 0.476 e. The van der Waals surface area contributed by atoms with E-state index < -0.39 is 5.97 Å². The van der Waals surface area contributed by atoms with Gasteiger partial charge in [0.25, 0.3) is 0 Å². The predicted octanol–water partition coefficient (Wildman–Crippen LogP) is 0.737.